The summed E-state index contributed by atoms with van der Waals surface area (Å²) in [5.41, 5.74) is 4.88. The fraction of sp³-hybridized carbons (Fsp3) is 0.200. The molecule has 2 aromatic rings. The van der Waals surface area contributed by atoms with Gasteiger partial charge in [0.25, 0.3) is 0 Å². The van der Waals surface area contributed by atoms with E-state index in [9.17, 15) is 0 Å². The Morgan fingerprint density at radius 3 is 1.94 bits per heavy atom. The number of hydroxylamine groups is 2. The van der Waals surface area contributed by atoms with Crippen LogP contribution in [0, 0.1) is 0 Å². The van der Waals surface area contributed by atoms with Gasteiger partial charge in [-0.25, -0.2) is 0 Å². The van der Waals surface area contributed by atoms with E-state index in [2.05, 4.69) is 60.5 Å². The third-order valence-corrected chi connectivity index (χ3v) is 3.72. The molecule has 84 valence electrons. The molecule has 0 aromatic heterocycles. The van der Waals surface area contributed by atoms with E-state index >= 15 is 0 Å². The van der Waals surface area contributed by atoms with Gasteiger partial charge in [-0.1, -0.05) is 48.5 Å². The van der Waals surface area contributed by atoms with Crippen LogP contribution in [0.1, 0.15) is 18.1 Å². The van der Waals surface area contributed by atoms with Crippen LogP contribution in [-0.4, -0.2) is 11.6 Å². The first kappa shape index (κ1) is 9.40. The predicted molar refractivity (Wildman–Crippen MR) is 66.1 cm³/mol. The van der Waals surface area contributed by atoms with Gasteiger partial charge in [-0.15, -0.1) is 5.06 Å². The van der Waals surface area contributed by atoms with Gasteiger partial charge in [0.2, 0.25) is 5.72 Å². The van der Waals surface area contributed by atoms with Crippen LogP contribution in [0.25, 0.3) is 11.1 Å². The third kappa shape index (κ3) is 0.978. The maximum Gasteiger partial charge on any atom is 0.216 e. The summed E-state index contributed by atoms with van der Waals surface area (Å²) in [5.74, 6) is 0. The quantitative estimate of drug-likeness (QED) is 0.690. The normalized spacial score (nSPS) is 22.3. The highest BCUT2D eigenvalue weighted by molar-refractivity contribution is 5.80. The summed E-state index contributed by atoms with van der Waals surface area (Å²) in [6.07, 6.45) is 0. The average Bonchev–Trinajstić information content (AvgIpc) is 3.07. The van der Waals surface area contributed by atoms with Crippen LogP contribution < -0.4 is 0 Å². The molecule has 1 atom stereocenters. The smallest absolute Gasteiger partial charge is 0.216 e. The predicted octanol–water partition coefficient (Wildman–Crippen LogP) is 3.14. The van der Waals surface area contributed by atoms with Gasteiger partial charge in [0.05, 0.1) is 0 Å². The number of fused-ring (bicyclic) bond motifs is 5. The minimum atomic E-state index is -0.290. The van der Waals surface area contributed by atoms with E-state index in [1.54, 1.807) is 0 Å². The fourth-order valence-electron chi connectivity index (χ4n) is 2.97. The zero-order chi connectivity index (χ0) is 11.5. The van der Waals surface area contributed by atoms with E-state index in [0.29, 0.717) is 0 Å². The van der Waals surface area contributed by atoms with Gasteiger partial charge in [-0.3, -0.25) is 4.84 Å². The second kappa shape index (κ2) is 2.97. The van der Waals surface area contributed by atoms with Crippen molar-refractivity contribution in [3.63, 3.8) is 0 Å². The van der Waals surface area contributed by atoms with Crippen molar-refractivity contribution in [2.24, 2.45) is 0 Å². The Hall–Kier alpha value is -1.64. The Morgan fingerprint density at radius 1 is 0.941 bits per heavy atom. The molecule has 2 heteroatoms. The highest BCUT2D eigenvalue weighted by Gasteiger charge is 2.61. The lowest BCUT2D eigenvalue weighted by Crippen LogP contribution is -2.14. The number of nitrogens with zero attached hydrogens (tertiary/aromatic N) is 1. The Kier molecular flexibility index (Phi) is 1.64. The van der Waals surface area contributed by atoms with Crippen LogP contribution in [0.4, 0.5) is 0 Å². The van der Waals surface area contributed by atoms with Crippen molar-refractivity contribution in [2.45, 2.75) is 12.6 Å². The molecule has 2 nitrogen and oxygen atoms in total. The number of hydrogen-bond acceptors (Lipinski definition) is 2. The first-order valence-electron chi connectivity index (χ1n) is 6.04. The van der Waals surface area contributed by atoms with Crippen molar-refractivity contribution < 1.29 is 4.84 Å². The summed E-state index contributed by atoms with van der Waals surface area (Å²) in [7, 11) is 0. The van der Waals surface area contributed by atoms with Gasteiger partial charge in [-0.05, 0) is 18.1 Å². The van der Waals surface area contributed by atoms with E-state index in [-0.39, 0.29) is 5.72 Å². The molecule has 4 rings (SSSR count). The lowest BCUT2D eigenvalue weighted by atomic mass is 10.0. The van der Waals surface area contributed by atoms with E-state index in [1.807, 2.05) is 0 Å². The van der Waals surface area contributed by atoms with E-state index in [0.717, 1.165) is 6.54 Å². The lowest BCUT2D eigenvalue weighted by Gasteiger charge is -2.06. The molecule has 1 spiro atoms. The summed E-state index contributed by atoms with van der Waals surface area (Å²) >= 11 is 0. The first-order valence-corrected chi connectivity index (χ1v) is 6.04. The molecule has 1 unspecified atom stereocenters. The molecule has 0 N–H and O–H groups in total. The summed E-state index contributed by atoms with van der Waals surface area (Å²) in [6, 6.07) is 17.1. The Labute approximate surface area is 100 Å². The minimum absolute atomic E-state index is 0.290. The van der Waals surface area contributed by atoms with Gasteiger partial charge in [0.1, 0.15) is 0 Å². The molecule has 1 heterocycles. The standard InChI is InChI=1S/C15H13NO/c1-2-16-15(17-16)13-9-5-3-7-11(13)12-8-4-6-10-14(12)15/h3-10H,2H2,1H3. The molecule has 0 bridgehead atoms. The Balaban J connectivity index is 2.05. The fourth-order valence-corrected chi connectivity index (χ4v) is 2.97. The van der Waals surface area contributed by atoms with Gasteiger partial charge < -0.3 is 0 Å². The monoisotopic (exact) mass is 223 g/mol. The highest BCUT2D eigenvalue weighted by Crippen LogP contribution is 2.59. The van der Waals surface area contributed by atoms with Crippen molar-refractivity contribution in [1.82, 2.24) is 5.06 Å². The van der Waals surface area contributed by atoms with Crippen molar-refractivity contribution >= 4 is 0 Å². The highest BCUT2D eigenvalue weighted by atomic mass is 16.9. The Bertz CT molecular complexity index is 560. The Morgan fingerprint density at radius 2 is 1.47 bits per heavy atom. The van der Waals surface area contributed by atoms with Crippen molar-refractivity contribution in [1.29, 1.82) is 0 Å². The number of benzene rings is 2. The van der Waals surface area contributed by atoms with Crippen LogP contribution in [-0.2, 0) is 10.6 Å². The summed E-state index contributed by atoms with van der Waals surface area (Å²) in [5, 5.41) is 2.05. The molecule has 1 aliphatic carbocycles. The van der Waals surface area contributed by atoms with Gasteiger partial charge in [0.15, 0.2) is 0 Å². The zero-order valence-electron chi connectivity index (χ0n) is 9.68. The first-order chi connectivity index (χ1) is 8.38. The third-order valence-electron chi connectivity index (χ3n) is 3.72. The van der Waals surface area contributed by atoms with Gasteiger partial charge in [-0.2, -0.15) is 0 Å². The van der Waals surface area contributed by atoms with E-state index < -0.39 is 0 Å². The van der Waals surface area contributed by atoms with E-state index in [1.165, 1.54) is 22.3 Å². The summed E-state index contributed by atoms with van der Waals surface area (Å²) in [6.45, 7) is 3.03. The molecular formula is C15H13NO. The van der Waals surface area contributed by atoms with Crippen molar-refractivity contribution in [2.75, 3.05) is 6.54 Å². The molecule has 1 saturated heterocycles. The molecule has 0 saturated carbocycles. The summed E-state index contributed by atoms with van der Waals surface area (Å²) in [4.78, 5) is 5.90. The lowest BCUT2D eigenvalue weighted by molar-refractivity contribution is 0.203. The van der Waals surface area contributed by atoms with Crippen LogP contribution in [0.5, 0.6) is 0 Å². The topological polar surface area (TPSA) is 15.5 Å². The van der Waals surface area contributed by atoms with Gasteiger partial charge in [0, 0.05) is 17.7 Å². The van der Waals surface area contributed by atoms with Crippen LogP contribution in [0.15, 0.2) is 48.5 Å². The molecule has 0 radical (unpaired) electrons. The van der Waals surface area contributed by atoms with Gasteiger partial charge >= 0.3 is 0 Å². The molecule has 1 aliphatic heterocycles. The second-order valence-electron chi connectivity index (χ2n) is 4.52. The molecule has 0 amide bonds. The summed E-state index contributed by atoms with van der Waals surface area (Å²) < 4.78 is 0. The molecule has 2 aliphatic rings. The van der Waals surface area contributed by atoms with Crippen LogP contribution >= 0.6 is 0 Å². The second-order valence-corrected chi connectivity index (χ2v) is 4.52. The minimum Gasteiger partial charge on any atom is -0.261 e. The van der Waals surface area contributed by atoms with Crippen molar-refractivity contribution in [3.8, 4) is 11.1 Å². The molecule has 17 heavy (non-hydrogen) atoms. The maximum absolute atomic E-state index is 5.90. The maximum atomic E-state index is 5.90. The molecule has 1 fully saturated rings. The zero-order valence-corrected chi connectivity index (χ0v) is 9.68. The van der Waals surface area contributed by atoms with Crippen LogP contribution in [0.2, 0.25) is 0 Å². The number of rotatable bonds is 1. The van der Waals surface area contributed by atoms with E-state index in [4.69, 9.17) is 4.84 Å². The molecule has 2 aromatic carbocycles. The average molecular weight is 223 g/mol. The van der Waals surface area contributed by atoms with Crippen molar-refractivity contribution in [3.05, 3.63) is 59.7 Å². The SMILES string of the molecule is CCN1OC12c1ccccc1-c1ccccc12. The van der Waals surface area contributed by atoms with Crippen LogP contribution in [0.3, 0.4) is 0 Å². The number of hydrogen-bond donors (Lipinski definition) is 0. The molecular weight excluding hydrogens is 210 g/mol. The largest absolute Gasteiger partial charge is 0.261 e.